The second-order valence-electron chi connectivity index (χ2n) is 3.50. The summed E-state index contributed by atoms with van der Waals surface area (Å²) in [7, 11) is 0. The van der Waals surface area contributed by atoms with Crippen LogP contribution in [-0.2, 0) is 11.3 Å². The molecule has 0 aliphatic rings. The smallest absolute Gasteiger partial charge is 0.0716 e. The van der Waals surface area contributed by atoms with E-state index in [4.69, 9.17) is 4.74 Å². The standard InChI is InChI=1S/C12H16Br2O/c13-8-12(9-14)6-7-15-10-11-4-2-1-3-5-11/h1-5,12H,6-10H2. The third kappa shape index (κ3) is 5.69. The Hall–Kier alpha value is 0.140. The van der Waals surface area contributed by atoms with Gasteiger partial charge in [0.25, 0.3) is 0 Å². The first-order valence-corrected chi connectivity index (χ1v) is 7.34. The molecule has 0 spiro atoms. The molecule has 1 aromatic carbocycles. The van der Waals surface area contributed by atoms with E-state index in [9.17, 15) is 0 Å². The van der Waals surface area contributed by atoms with Gasteiger partial charge in [-0.3, -0.25) is 0 Å². The van der Waals surface area contributed by atoms with Gasteiger partial charge in [-0.15, -0.1) is 0 Å². The first-order chi connectivity index (χ1) is 7.36. The molecule has 1 nitrogen and oxygen atoms in total. The van der Waals surface area contributed by atoms with Crippen LogP contribution in [0.5, 0.6) is 0 Å². The summed E-state index contributed by atoms with van der Waals surface area (Å²) in [5.74, 6) is 0.667. The predicted molar refractivity (Wildman–Crippen MR) is 71.8 cm³/mol. The van der Waals surface area contributed by atoms with Crippen LogP contribution in [0.1, 0.15) is 12.0 Å². The molecule has 0 aliphatic heterocycles. The van der Waals surface area contributed by atoms with Crippen LogP contribution in [-0.4, -0.2) is 17.3 Å². The minimum Gasteiger partial charge on any atom is -0.377 e. The molecule has 0 N–H and O–H groups in total. The van der Waals surface area contributed by atoms with Crippen molar-refractivity contribution in [1.82, 2.24) is 0 Å². The number of ether oxygens (including phenoxy) is 1. The zero-order valence-electron chi connectivity index (χ0n) is 8.66. The zero-order chi connectivity index (χ0) is 10.9. The Morgan fingerprint density at radius 2 is 1.73 bits per heavy atom. The van der Waals surface area contributed by atoms with Crippen LogP contribution in [0.4, 0.5) is 0 Å². The number of alkyl halides is 2. The van der Waals surface area contributed by atoms with Gasteiger partial charge in [-0.25, -0.2) is 0 Å². The van der Waals surface area contributed by atoms with Crippen molar-refractivity contribution in [2.45, 2.75) is 13.0 Å². The van der Waals surface area contributed by atoms with Gasteiger partial charge in [0.15, 0.2) is 0 Å². The van der Waals surface area contributed by atoms with Crippen LogP contribution >= 0.6 is 31.9 Å². The minimum absolute atomic E-state index is 0.667. The predicted octanol–water partition coefficient (Wildman–Crippen LogP) is 4.00. The molecule has 0 amide bonds. The molecule has 0 radical (unpaired) electrons. The Morgan fingerprint density at radius 3 is 2.33 bits per heavy atom. The van der Waals surface area contributed by atoms with Crippen molar-refractivity contribution in [3.05, 3.63) is 35.9 Å². The zero-order valence-corrected chi connectivity index (χ0v) is 11.8. The van der Waals surface area contributed by atoms with Gasteiger partial charge in [-0.1, -0.05) is 62.2 Å². The minimum atomic E-state index is 0.667. The first kappa shape index (κ1) is 13.2. The molecule has 0 fully saturated rings. The number of benzene rings is 1. The Kier molecular flexibility index (Phi) is 7.32. The Morgan fingerprint density at radius 1 is 1.07 bits per heavy atom. The number of hydrogen-bond donors (Lipinski definition) is 0. The van der Waals surface area contributed by atoms with Crippen molar-refractivity contribution in [3.8, 4) is 0 Å². The second kappa shape index (κ2) is 8.31. The maximum atomic E-state index is 5.61. The molecule has 0 aromatic heterocycles. The van der Waals surface area contributed by atoms with Gasteiger partial charge in [0.05, 0.1) is 6.61 Å². The molecule has 0 aliphatic carbocycles. The molecule has 0 unspecified atom stereocenters. The SMILES string of the molecule is BrCC(CBr)CCOCc1ccccc1. The van der Waals surface area contributed by atoms with E-state index in [1.807, 2.05) is 18.2 Å². The van der Waals surface area contributed by atoms with Crippen molar-refractivity contribution in [2.24, 2.45) is 5.92 Å². The average Bonchev–Trinajstić information content (AvgIpc) is 2.31. The quantitative estimate of drug-likeness (QED) is 0.540. The van der Waals surface area contributed by atoms with Crippen LogP contribution in [0.3, 0.4) is 0 Å². The van der Waals surface area contributed by atoms with E-state index in [1.165, 1.54) is 5.56 Å². The summed E-state index contributed by atoms with van der Waals surface area (Å²) in [6, 6.07) is 10.3. The van der Waals surface area contributed by atoms with Gasteiger partial charge in [0.2, 0.25) is 0 Å². The van der Waals surface area contributed by atoms with Gasteiger partial charge in [0, 0.05) is 17.3 Å². The molecule has 0 bridgehead atoms. The third-order valence-electron chi connectivity index (χ3n) is 2.22. The van der Waals surface area contributed by atoms with Gasteiger partial charge < -0.3 is 4.74 Å². The van der Waals surface area contributed by atoms with Gasteiger partial charge >= 0.3 is 0 Å². The maximum absolute atomic E-state index is 5.61. The van der Waals surface area contributed by atoms with Crippen LogP contribution < -0.4 is 0 Å². The molecule has 84 valence electrons. The van der Waals surface area contributed by atoms with E-state index in [0.717, 1.165) is 30.3 Å². The molecule has 1 aromatic rings. The van der Waals surface area contributed by atoms with Crippen molar-refractivity contribution in [3.63, 3.8) is 0 Å². The molecule has 0 saturated carbocycles. The molecular formula is C12H16Br2O. The van der Waals surface area contributed by atoms with Crippen LogP contribution in [0.25, 0.3) is 0 Å². The summed E-state index contributed by atoms with van der Waals surface area (Å²) < 4.78 is 5.61. The van der Waals surface area contributed by atoms with Crippen molar-refractivity contribution < 1.29 is 4.74 Å². The molecule has 1 rings (SSSR count). The molecule has 3 heteroatoms. The number of rotatable bonds is 7. The molecule has 15 heavy (non-hydrogen) atoms. The lowest BCUT2D eigenvalue weighted by molar-refractivity contribution is 0.111. The summed E-state index contributed by atoms with van der Waals surface area (Å²) in [5.41, 5.74) is 1.24. The summed E-state index contributed by atoms with van der Waals surface area (Å²) in [6.07, 6.45) is 1.10. The largest absolute Gasteiger partial charge is 0.377 e. The third-order valence-corrected chi connectivity index (χ3v) is 4.05. The highest BCUT2D eigenvalue weighted by atomic mass is 79.9. The first-order valence-electron chi connectivity index (χ1n) is 5.10. The maximum Gasteiger partial charge on any atom is 0.0716 e. The summed E-state index contributed by atoms with van der Waals surface area (Å²) in [4.78, 5) is 0. The van der Waals surface area contributed by atoms with Gasteiger partial charge in [-0.2, -0.15) is 0 Å². The van der Waals surface area contributed by atoms with Gasteiger partial charge in [0.1, 0.15) is 0 Å². The Balaban J connectivity index is 2.12. The Labute approximate surface area is 108 Å². The lowest BCUT2D eigenvalue weighted by atomic mass is 10.1. The fraction of sp³-hybridized carbons (Fsp3) is 0.500. The monoisotopic (exact) mass is 334 g/mol. The van der Waals surface area contributed by atoms with E-state index in [2.05, 4.69) is 44.0 Å². The fourth-order valence-corrected chi connectivity index (χ4v) is 2.93. The molecule has 0 heterocycles. The summed E-state index contributed by atoms with van der Waals surface area (Å²) in [6.45, 7) is 1.55. The van der Waals surface area contributed by atoms with Crippen molar-refractivity contribution >= 4 is 31.9 Å². The van der Waals surface area contributed by atoms with E-state index in [0.29, 0.717) is 5.92 Å². The van der Waals surface area contributed by atoms with Crippen LogP contribution in [0, 0.1) is 5.92 Å². The van der Waals surface area contributed by atoms with E-state index in [-0.39, 0.29) is 0 Å². The fourth-order valence-electron chi connectivity index (χ4n) is 1.21. The van der Waals surface area contributed by atoms with E-state index < -0.39 is 0 Å². The highest BCUT2D eigenvalue weighted by molar-refractivity contribution is 9.09. The molecule has 0 atom stereocenters. The number of hydrogen-bond acceptors (Lipinski definition) is 1. The van der Waals surface area contributed by atoms with E-state index in [1.54, 1.807) is 0 Å². The normalized spacial score (nSPS) is 10.9. The second-order valence-corrected chi connectivity index (χ2v) is 4.80. The van der Waals surface area contributed by atoms with E-state index >= 15 is 0 Å². The van der Waals surface area contributed by atoms with Crippen molar-refractivity contribution in [2.75, 3.05) is 17.3 Å². The highest BCUT2D eigenvalue weighted by Crippen LogP contribution is 2.11. The number of halogens is 2. The summed E-state index contributed by atoms with van der Waals surface area (Å²) >= 11 is 6.97. The van der Waals surface area contributed by atoms with Crippen molar-refractivity contribution in [1.29, 1.82) is 0 Å². The van der Waals surface area contributed by atoms with Crippen LogP contribution in [0.2, 0.25) is 0 Å². The molecular weight excluding hydrogens is 320 g/mol. The summed E-state index contributed by atoms with van der Waals surface area (Å²) in [5, 5.41) is 2.07. The molecule has 0 saturated heterocycles. The lowest BCUT2D eigenvalue weighted by Crippen LogP contribution is -2.08. The highest BCUT2D eigenvalue weighted by Gasteiger charge is 2.04. The Bertz CT molecular complexity index is 247. The average molecular weight is 336 g/mol. The topological polar surface area (TPSA) is 9.23 Å². The van der Waals surface area contributed by atoms with Crippen LogP contribution in [0.15, 0.2) is 30.3 Å². The lowest BCUT2D eigenvalue weighted by Gasteiger charge is -2.10. The van der Waals surface area contributed by atoms with Gasteiger partial charge in [-0.05, 0) is 17.9 Å².